The monoisotopic (exact) mass is 253 g/mol. The van der Waals surface area contributed by atoms with E-state index in [1.807, 2.05) is 12.1 Å². The number of hydrogen-bond acceptors (Lipinski definition) is 3. The van der Waals surface area contributed by atoms with Gasteiger partial charge in [0.2, 0.25) is 0 Å². The summed E-state index contributed by atoms with van der Waals surface area (Å²) in [7, 11) is 0. The maximum atomic E-state index is 10.6. The van der Waals surface area contributed by atoms with Crippen molar-refractivity contribution in [1.29, 1.82) is 0 Å². The third-order valence-corrected chi connectivity index (χ3v) is 4.44. The second kappa shape index (κ2) is 4.78. The molecule has 1 heterocycles. The summed E-state index contributed by atoms with van der Waals surface area (Å²) in [4.78, 5) is 12.7. The molecule has 1 saturated carbocycles. The predicted octanol–water partition coefficient (Wildman–Crippen LogP) is 2.65. The highest BCUT2D eigenvalue weighted by molar-refractivity contribution is 7.12. The van der Waals surface area contributed by atoms with Crippen molar-refractivity contribution in [2.75, 3.05) is 0 Å². The number of hydrogen-bond donors (Lipinski definition) is 2. The number of rotatable bonds is 6. The lowest BCUT2D eigenvalue weighted by molar-refractivity contribution is -0.136. The smallest absolute Gasteiger partial charge is 0.308 e. The second-order valence-electron chi connectivity index (χ2n) is 5.29. The molecule has 0 saturated heterocycles. The quantitative estimate of drug-likeness (QED) is 0.819. The Bertz CT molecular complexity index is 407. The molecule has 2 N–H and O–H groups in total. The van der Waals surface area contributed by atoms with Crippen molar-refractivity contribution in [2.45, 2.75) is 45.2 Å². The van der Waals surface area contributed by atoms with Crippen LogP contribution in [0.2, 0.25) is 0 Å². The van der Waals surface area contributed by atoms with Gasteiger partial charge in [-0.1, -0.05) is 0 Å². The Balaban J connectivity index is 1.86. The van der Waals surface area contributed by atoms with Crippen LogP contribution >= 0.6 is 11.3 Å². The minimum absolute atomic E-state index is 0.136. The molecule has 4 heteroatoms. The van der Waals surface area contributed by atoms with Gasteiger partial charge in [-0.3, -0.25) is 4.79 Å². The van der Waals surface area contributed by atoms with Crippen molar-refractivity contribution in [1.82, 2.24) is 5.32 Å². The Morgan fingerprint density at radius 3 is 2.71 bits per heavy atom. The molecular weight excluding hydrogens is 234 g/mol. The molecule has 94 valence electrons. The summed E-state index contributed by atoms with van der Waals surface area (Å²) < 4.78 is 0. The minimum Gasteiger partial charge on any atom is -0.481 e. The summed E-state index contributed by atoms with van der Waals surface area (Å²) in [5.74, 6) is 0.0469. The maximum Gasteiger partial charge on any atom is 0.308 e. The molecule has 0 unspecified atom stereocenters. The molecule has 2 rings (SSSR count). The minimum atomic E-state index is -0.760. The molecular formula is C13H19NO2S. The topological polar surface area (TPSA) is 49.3 Å². The number of aliphatic carboxylic acids is 1. The SMILES string of the molecule is CC(C)(NCc1ccc(CC(=O)O)s1)C1CC1. The van der Waals surface area contributed by atoms with Crippen LogP contribution in [0.4, 0.5) is 0 Å². The van der Waals surface area contributed by atoms with Crippen LogP contribution in [-0.2, 0) is 17.8 Å². The summed E-state index contributed by atoms with van der Waals surface area (Å²) >= 11 is 1.59. The number of carboxylic acid groups (broad SMARTS) is 1. The lowest BCUT2D eigenvalue weighted by Gasteiger charge is -2.25. The van der Waals surface area contributed by atoms with Crippen LogP contribution in [0.15, 0.2) is 12.1 Å². The molecule has 0 bridgehead atoms. The van der Waals surface area contributed by atoms with Crippen LogP contribution in [0.25, 0.3) is 0 Å². The molecule has 17 heavy (non-hydrogen) atoms. The van der Waals surface area contributed by atoms with Gasteiger partial charge in [-0.2, -0.15) is 0 Å². The zero-order valence-corrected chi connectivity index (χ0v) is 11.1. The van der Waals surface area contributed by atoms with Crippen LogP contribution in [0.1, 0.15) is 36.4 Å². The molecule has 0 radical (unpaired) electrons. The van der Waals surface area contributed by atoms with Gasteiger partial charge in [-0.25, -0.2) is 0 Å². The van der Waals surface area contributed by atoms with Gasteiger partial charge in [-0.15, -0.1) is 11.3 Å². The van der Waals surface area contributed by atoms with E-state index in [0.717, 1.165) is 17.3 Å². The van der Waals surface area contributed by atoms with Gasteiger partial charge < -0.3 is 10.4 Å². The summed E-state index contributed by atoms with van der Waals surface area (Å²) in [5.41, 5.74) is 0.205. The van der Waals surface area contributed by atoms with Crippen LogP contribution in [0, 0.1) is 5.92 Å². The van der Waals surface area contributed by atoms with Crippen molar-refractivity contribution in [3.63, 3.8) is 0 Å². The molecule has 1 fully saturated rings. The van der Waals surface area contributed by atoms with Gasteiger partial charge in [0.05, 0.1) is 6.42 Å². The second-order valence-corrected chi connectivity index (χ2v) is 6.54. The Morgan fingerprint density at radius 2 is 2.12 bits per heavy atom. The van der Waals surface area contributed by atoms with Crippen LogP contribution < -0.4 is 5.32 Å². The van der Waals surface area contributed by atoms with Gasteiger partial charge in [0.25, 0.3) is 0 Å². The van der Waals surface area contributed by atoms with E-state index in [-0.39, 0.29) is 12.0 Å². The van der Waals surface area contributed by atoms with E-state index in [1.54, 1.807) is 11.3 Å². The first kappa shape index (κ1) is 12.6. The highest BCUT2D eigenvalue weighted by Crippen LogP contribution is 2.39. The fourth-order valence-corrected chi connectivity index (χ4v) is 2.97. The van der Waals surface area contributed by atoms with Gasteiger partial charge >= 0.3 is 5.97 Å². The van der Waals surface area contributed by atoms with Gasteiger partial charge in [0, 0.05) is 21.8 Å². The Morgan fingerprint density at radius 1 is 1.47 bits per heavy atom. The number of carboxylic acids is 1. The van der Waals surface area contributed by atoms with Gasteiger partial charge in [-0.05, 0) is 44.7 Å². The average molecular weight is 253 g/mol. The van der Waals surface area contributed by atoms with Crippen molar-refractivity contribution in [2.24, 2.45) is 5.92 Å². The molecule has 0 aliphatic heterocycles. The zero-order chi connectivity index (χ0) is 12.5. The van der Waals surface area contributed by atoms with Crippen molar-refractivity contribution in [3.05, 3.63) is 21.9 Å². The van der Waals surface area contributed by atoms with Crippen LogP contribution in [0.3, 0.4) is 0 Å². The summed E-state index contributed by atoms with van der Waals surface area (Å²) in [6.07, 6.45) is 2.79. The fourth-order valence-electron chi connectivity index (χ4n) is 2.03. The lowest BCUT2D eigenvalue weighted by Crippen LogP contribution is -2.40. The molecule has 0 atom stereocenters. The Kier molecular flexibility index (Phi) is 3.54. The third kappa shape index (κ3) is 3.54. The van der Waals surface area contributed by atoms with E-state index >= 15 is 0 Å². The fraction of sp³-hybridized carbons (Fsp3) is 0.615. The first-order valence-electron chi connectivity index (χ1n) is 6.02. The van der Waals surface area contributed by atoms with E-state index < -0.39 is 5.97 Å². The molecule has 3 nitrogen and oxygen atoms in total. The largest absolute Gasteiger partial charge is 0.481 e. The summed E-state index contributed by atoms with van der Waals surface area (Å²) in [6.45, 7) is 5.33. The molecule has 0 aromatic carbocycles. The van der Waals surface area contributed by atoms with Crippen molar-refractivity contribution < 1.29 is 9.90 Å². The zero-order valence-electron chi connectivity index (χ0n) is 10.3. The molecule has 1 aromatic rings. The number of carbonyl (C=O) groups is 1. The van der Waals surface area contributed by atoms with E-state index in [4.69, 9.17) is 5.11 Å². The van der Waals surface area contributed by atoms with Crippen molar-refractivity contribution >= 4 is 17.3 Å². The Hall–Kier alpha value is -0.870. The normalized spacial score (nSPS) is 16.1. The summed E-state index contributed by atoms with van der Waals surface area (Å²) in [6, 6.07) is 3.94. The van der Waals surface area contributed by atoms with Crippen molar-refractivity contribution in [3.8, 4) is 0 Å². The number of nitrogens with one attached hydrogen (secondary N) is 1. The third-order valence-electron chi connectivity index (χ3n) is 3.36. The van der Waals surface area contributed by atoms with Crippen LogP contribution in [0.5, 0.6) is 0 Å². The average Bonchev–Trinajstić information content (AvgIpc) is 2.99. The first-order chi connectivity index (χ1) is 7.97. The van der Waals surface area contributed by atoms with Crippen LogP contribution in [-0.4, -0.2) is 16.6 Å². The van der Waals surface area contributed by atoms with E-state index in [2.05, 4.69) is 19.2 Å². The molecule has 1 aliphatic carbocycles. The highest BCUT2D eigenvalue weighted by atomic mass is 32.1. The molecule has 0 amide bonds. The highest BCUT2D eigenvalue weighted by Gasteiger charge is 2.37. The van der Waals surface area contributed by atoms with Gasteiger partial charge in [0.1, 0.15) is 0 Å². The number of thiophene rings is 1. The van der Waals surface area contributed by atoms with Gasteiger partial charge in [0.15, 0.2) is 0 Å². The van der Waals surface area contributed by atoms with E-state index in [9.17, 15) is 4.79 Å². The lowest BCUT2D eigenvalue weighted by atomic mass is 9.99. The summed E-state index contributed by atoms with van der Waals surface area (Å²) in [5, 5.41) is 12.3. The molecule has 1 aromatic heterocycles. The standard InChI is InChI=1S/C13H19NO2S/c1-13(2,9-3-4-9)14-8-11-6-5-10(17-11)7-12(15)16/h5-6,9,14H,3-4,7-8H2,1-2H3,(H,15,16). The predicted molar refractivity (Wildman–Crippen MR) is 69.3 cm³/mol. The Labute approximate surface area is 106 Å². The molecule has 0 spiro atoms. The van der Waals surface area contributed by atoms with E-state index in [0.29, 0.717) is 0 Å². The molecule has 1 aliphatic rings. The van der Waals surface area contributed by atoms with E-state index in [1.165, 1.54) is 17.7 Å². The maximum absolute atomic E-state index is 10.6. The first-order valence-corrected chi connectivity index (χ1v) is 6.83.